The van der Waals surface area contributed by atoms with Crippen LogP contribution in [0.2, 0.25) is 0 Å². The summed E-state index contributed by atoms with van der Waals surface area (Å²) in [4.78, 5) is 7.51. The van der Waals surface area contributed by atoms with Crippen LogP contribution in [-0.2, 0) is 9.84 Å². The Morgan fingerprint density at radius 2 is 1.65 bits per heavy atom. The highest BCUT2D eigenvalue weighted by atomic mass is 35.5. The molecule has 1 aromatic heterocycles. The third kappa shape index (κ3) is 5.89. The van der Waals surface area contributed by atoms with Crippen LogP contribution in [0.25, 0.3) is 10.9 Å². The van der Waals surface area contributed by atoms with Crippen molar-refractivity contribution in [1.29, 1.82) is 0 Å². The third-order valence-corrected chi connectivity index (χ3v) is 6.28. The zero-order chi connectivity index (χ0) is 24.4. The van der Waals surface area contributed by atoms with E-state index in [0.29, 0.717) is 28.5 Å². The van der Waals surface area contributed by atoms with E-state index in [9.17, 15) is 26.0 Å². The molecular formula is C20H20ClF4N3O5S. The highest BCUT2D eigenvalue weighted by molar-refractivity contribution is 7.91. The Morgan fingerprint density at radius 3 is 2.24 bits per heavy atom. The van der Waals surface area contributed by atoms with Crippen molar-refractivity contribution < 1.29 is 40.2 Å². The van der Waals surface area contributed by atoms with E-state index in [2.05, 4.69) is 15.3 Å². The number of alkyl halides is 3. The summed E-state index contributed by atoms with van der Waals surface area (Å²) in [5.41, 5.74) is 0.161. The molecule has 0 radical (unpaired) electrons. The second-order valence-corrected chi connectivity index (χ2v) is 8.90. The number of halogens is 5. The number of nitrogens with zero attached hydrogens (tertiary/aromatic N) is 2. The average molecular weight is 526 g/mol. The summed E-state index contributed by atoms with van der Waals surface area (Å²) in [5, 5.41) is 3.11. The van der Waals surface area contributed by atoms with Crippen molar-refractivity contribution in [3.8, 4) is 17.2 Å². The number of benzene rings is 2. The normalized spacial score (nSPS) is 11.6. The maximum Gasteiger partial charge on any atom is 0.422 e. The number of ether oxygens (including phenoxy) is 3. The van der Waals surface area contributed by atoms with Crippen LogP contribution in [0.1, 0.15) is 6.92 Å². The number of hydrogen-bond acceptors (Lipinski definition) is 8. The van der Waals surface area contributed by atoms with E-state index in [1.165, 1.54) is 33.5 Å². The molecule has 0 saturated carbocycles. The van der Waals surface area contributed by atoms with E-state index in [1.807, 2.05) is 0 Å². The second kappa shape index (κ2) is 10.5. The van der Waals surface area contributed by atoms with E-state index in [4.69, 9.17) is 14.2 Å². The summed E-state index contributed by atoms with van der Waals surface area (Å²) in [5.74, 6) is -1.42. The van der Waals surface area contributed by atoms with Crippen LogP contribution < -0.4 is 19.5 Å². The zero-order valence-corrected chi connectivity index (χ0v) is 19.7. The molecule has 0 atom stereocenters. The van der Waals surface area contributed by atoms with Crippen molar-refractivity contribution >= 4 is 44.7 Å². The smallest absolute Gasteiger partial charge is 0.422 e. The summed E-state index contributed by atoms with van der Waals surface area (Å²) in [7, 11) is -1.19. The van der Waals surface area contributed by atoms with Crippen LogP contribution in [0.3, 0.4) is 0 Å². The van der Waals surface area contributed by atoms with Crippen LogP contribution in [0, 0.1) is 5.82 Å². The molecule has 2 aromatic carbocycles. The largest absolute Gasteiger partial charge is 0.493 e. The maximum atomic E-state index is 14.5. The molecule has 0 saturated heterocycles. The first kappa shape index (κ1) is 27.2. The van der Waals surface area contributed by atoms with Gasteiger partial charge < -0.3 is 19.5 Å². The van der Waals surface area contributed by atoms with E-state index in [1.54, 1.807) is 6.07 Å². The summed E-state index contributed by atoms with van der Waals surface area (Å²) < 4.78 is 92.4. The SMILES string of the molecule is CCS(=O)(=O)c1cc(Nc2ncnc3cc(OC)c(OC)cc23)c(OCC(F)(F)F)cc1F.Cl. The molecule has 0 aliphatic rings. The molecule has 1 N–H and O–H groups in total. The lowest BCUT2D eigenvalue weighted by atomic mass is 10.2. The fraction of sp³-hybridized carbons (Fsp3) is 0.300. The van der Waals surface area contributed by atoms with Gasteiger partial charge in [-0.15, -0.1) is 12.4 Å². The van der Waals surface area contributed by atoms with Gasteiger partial charge in [-0.3, -0.25) is 0 Å². The third-order valence-electron chi connectivity index (χ3n) is 4.53. The van der Waals surface area contributed by atoms with E-state index in [-0.39, 0.29) is 23.9 Å². The van der Waals surface area contributed by atoms with Gasteiger partial charge in [-0.25, -0.2) is 22.8 Å². The van der Waals surface area contributed by atoms with Crippen molar-refractivity contribution in [2.45, 2.75) is 18.0 Å². The Bertz CT molecular complexity index is 1290. The van der Waals surface area contributed by atoms with Crippen LogP contribution in [-0.4, -0.2) is 51.1 Å². The number of fused-ring (bicyclic) bond motifs is 1. The molecule has 0 spiro atoms. The molecule has 186 valence electrons. The van der Waals surface area contributed by atoms with Gasteiger partial charge in [-0.05, 0) is 12.1 Å². The summed E-state index contributed by atoms with van der Waals surface area (Å²) in [6.07, 6.45) is -3.52. The summed E-state index contributed by atoms with van der Waals surface area (Å²) in [6.45, 7) is -0.399. The van der Waals surface area contributed by atoms with Gasteiger partial charge in [-0.2, -0.15) is 13.2 Å². The van der Waals surface area contributed by atoms with Crippen LogP contribution in [0.15, 0.2) is 35.5 Å². The van der Waals surface area contributed by atoms with Crippen LogP contribution in [0.5, 0.6) is 17.2 Å². The minimum Gasteiger partial charge on any atom is -0.493 e. The van der Waals surface area contributed by atoms with Gasteiger partial charge in [0.1, 0.15) is 28.6 Å². The van der Waals surface area contributed by atoms with Gasteiger partial charge in [0.2, 0.25) is 0 Å². The van der Waals surface area contributed by atoms with Gasteiger partial charge in [0.15, 0.2) is 27.9 Å². The van der Waals surface area contributed by atoms with Gasteiger partial charge in [0.25, 0.3) is 0 Å². The Balaban J connectivity index is 0.00000408. The Labute approximate surface area is 198 Å². The Morgan fingerprint density at radius 1 is 1.00 bits per heavy atom. The molecule has 8 nitrogen and oxygen atoms in total. The number of anilines is 2. The predicted octanol–water partition coefficient (Wildman–Crippen LogP) is 4.69. The first-order valence-corrected chi connectivity index (χ1v) is 11.0. The average Bonchev–Trinajstić information content (AvgIpc) is 2.77. The molecule has 1 heterocycles. The first-order valence-electron chi connectivity index (χ1n) is 9.38. The maximum absolute atomic E-state index is 14.5. The number of aromatic nitrogens is 2. The van der Waals surface area contributed by atoms with Crippen LogP contribution in [0.4, 0.5) is 29.1 Å². The monoisotopic (exact) mass is 525 g/mol. The predicted molar refractivity (Wildman–Crippen MR) is 119 cm³/mol. The van der Waals surface area contributed by atoms with E-state index >= 15 is 0 Å². The topological polar surface area (TPSA) is 99.6 Å². The van der Waals surface area contributed by atoms with Gasteiger partial charge in [-0.1, -0.05) is 6.92 Å². The second-order valence-electron chi connectivity index (χ2n) is 6.66. The summed E-state index contributed by atoms with van der Waals surface area (Å²) in [6, 6.07) is 4.54. The van der Waals surface area contributed by atoms with Crippen molar-refractivity contribution in [2.75, 3.05) is 31.9 Å². The molecule has 0 bridgehead atoms. The number of nitrogens with one attached hydrogen (secondary N) is 1. The van der Waals surface area contributed by atoms with Crippen molar-refractivity contribution in [3.63, 3.8) is 0 Å². The van der Waals surface area contributed by atoms with Gasteiger partial charge in [0, 0.05) is 17.5 Å². The fourth-order valence-corrected chi connectivity index (χ4v) is 3.88. The first-order chi connectivity index (χ1) is 15.5. The molecule has 3 rings (SSSR count). The van der Waals surface area contributed by atoms with Gasteiger partial charge in [0.05, 0.1) is 31.2 Å². The Kier molecular flexibility index (Phi) is 8.37. The highest BCUT2D eigenvalue weighted by Gasteiger charge is 2.30. The molecule has 3 aromatic rings. The molecule has 14 heteroatoms. The molecule has 0 amide bonds. The highest BCUT2D eigenvalue weighted by Crippen LogP contribution is 2.37. The Hall–Kier alpha value is -3.06. The standard InChI is InChI=1S/C20H19F4N3O5S.ClH/c1-4-33(28,29)18-8-14(15(6-12(18)21)32-9-20(22,23)24)27-19-11-5-16(30-2)17(31-3)7-13(11)25-10-26-19;/h5-8,10H,4,9H2,1-3H3,(H,25,26,27);1H. The molecular weight excluding hydrogens is 506 g/mol. The number of hydrogen-bond donors (Lipinski definition) is 1. The van der Waals surface area contributed by atoms with Crippen molar-refractivity contribution in [1.82, 2.24) is 9.97 Å². The molecule has 0 unspecified atom stereocenters. The molecule has 0 aliphatic heterocycles. The lowest BCUT2D eigenvalue weighted by Crippen LogP contribution is -2.20. The van der Waals surface area contributed by atoms with Crippen molar-refractivity contribution in [2.24, 2.45) is 0 Å². The minimum absolute atomic E-state index is 0. The number of methoxy groups -OCH3 is 2. The van der Waals surface area contributed by atoms with Crippen LogP contribution >= 0.6 is 12.4 Å². The van der Waals surface area contributed by atoms with Gasteiger partial charge >= 0.3 is 6.18 Å². The lowest BCUT2D eigenvalue weighted by molar-refractivity contribution is -0.153. The lowest BCUT2D eigenvalue weighted by Gasteiger charge is -2.17. The molecule has 34 heavy (non-hydrogen) atoms. The fourth-order valence-electron chi connectivity index (χ4n) is 2.92. The minimum atomic E-state index is -4.70. The quantitative estimate of drug-likeness (QED) is 0.423. The van der Waals surface area contributed by atoms with E-state index in [0.717, 1.165) is 6.07 Å². The number of sulfone groups is 1. The molecule has 0 fully saturated rings. The number of rotatable bonds is 8. The molecule has 0 aliphatic carbocycles. The van der Waals surface area contributed by atoms with E-state index < -0.39 is 44.8 Å². The van der Waals surface area contributed by atoms with Crippen molar-refractivity contribution in [3.05, 3.63) is 36.4 Å². The summed E-state index contributed by atoms with van der Waals surface area (Å²) >= 11 is 0. The zero-order valence-electron chi connectivity index (χ0n) is 18.1.